The maximum absolute atomic E-state index is 12.6. The van der Waals surface area contributed by atoms with E-state index < -0.39 is 17.9 Å². The summed E-state index contributed by atoms with van der Waals surface area (Å²) in [6.45, 7) is 3.70. The molecule has 0 unspecified atom stereocenters. The Balaban J connectivity index is 1.98. The van der Waals surface area contributed by atoms with Crippen LogP contribution in [0.1, 0.15) is 32.3 Å². The Labute approximate surface area is 173 Å². The molecule has 2 amide bonds. The van der Waals surface area contributed by atoms with Crippen LogP contribution in [0.25, 0.3) is 6.08 Å². The van der Waals surface area contributed by atoms with Gasteiger partial charge in [-0.05, 0) is 30.6 Å². The molecule has 0 saturated carbocycles. The predicted octanol–water partition coefficient (Wildman–Crippen LogP) is 3.20. The lowest BCUT2D eigenvalue weighted by molar-refractivity contribution is -0.142. The molecule has 0 bridgehead atoms. The quantitative estimate of drug-likeness (QED) is 0.498. The van der Waals surface area contributed by atoms with Crippen LogP contribution < -0.4 is 5.32 Å². The van der Waals surface area contributed by atoms with Gasteiger partial charge in [-0.3, -0.25) is 14.5 Å². The SMILES string of the molecule is CC[C@@H](NC(=O)CCN1C(=O)/C(=C\C(C)=C\c2ccccc2)SC1=S)C(=O)O. The molecular weight excluding hydrogens is 396 g/mol. The van der Waals surface area contributed by atoms with Gasteiger partial charge in [-0.1, -0.05) is 67.3 Å². The molecular formula is C20H22N2O4S2. The topological polar surface area (TPSA) is 86.7 Å². The zero-order valence-corrected chi connectivity index (χ0v) is 17.3. The molecule has 0 spiro atoms. The second-order valence-electron chi connectivity index (χ2n) is 6.25. The Hall–Kier alpha value is -2.45. The van der Waals surface area contributed by atoms with E-state index in [1.54, 1.807) is 13.0 Å². The number of nitrogens with zero attached hydrogens (tertiary/aromatic N) is 1. The smallest absolute Gasteiger partial charge is 0.326 e. The number of hydrogen-bond donors (Lipinski definition) is 2. The van der Waals surface area contributed by atoms with E-state index in [9.17, 15) is 14.4 Å². The molecule has 0 aromatic heterocycles. The van der Waals surface area contributed by atoms with E-state index in [4.69, 9.17) is 17.3 Å². The van der Waals surface area contributed by atoms with E-state index in [1.807, 2.05) is 43.3 Å². The van der Waals surface area contributed by atoms with Gasteiger partial charge < -0.3 is 10.4 Å². The summed E-state index contributed by atoms with van der Waals surface area (Å²) in [5.74, 6) is -1.74. The highest BCUT2D eigenvalue weighted by Crippen LogP contribution is 2.32. The van der Waals surface area contributed by atoms with Crippen molar-refractivity contribution < 1.29 is 19.5 Å². The van der Waals surface area contributed by atoms with Gasteiger partial charge in [0, 0.05) is 13.0 Å². The molecule has 1 aliphatic heterocycles. The molecule has 1 saturated heterocycles. The molecule has 1 aliphatic rings. The van der Waals surface area contributed by atoms with Crippen LogP contribution in [0.2, 0.25) is 0 Å². The molecule has 6 nitrogen and oxygen atoms in total. The van der Waals surface area contributed by atoms with Gasteiger partial charge in [0.1, 0.15) is 10.4 Å². The largest absolute Gasteiger partial charge is 0.480 e. The Kier molecular flexibility index (Phi) is 7.95. The van der Waals surface area contributed by atoms with Crippen LogP contribution in [0.3, 0.4) is 0 Å². The van der Waals surface area contributed by atoms with Gasteiger partial charge in [0.2, 0.25) is 5.91 Å². The Morgan fingerprint density at radius 2 is 2.00 bits per heavy atom. The standard InChI is InChI=1S/C20H22N2O4S2/c1-3-15(19(25)26)21-17(23)9-10-22-18(24)16(28-20(22)27)12-13(2)11-14-7-5-4-6-8-14/h4-8,11-12,15H,3,9-10H2,1-2H3,(H,21,23)(H,25,26)/b13-11+,16-12+/t15-/m1/s1. The van der Waals surface area contributed by atoms with Crippen molar-refractivity contribution in [1.29, 1.82) is 0 Å². The summed E-state index contributed by atoms with van der Waals surface area (Å²) in [6.07, 6.45) is 4.03. The first-order valence-electron chi connectivity index (χ1n) is 8.82. The summed E-state index contributed by atoms with van der Waals surface area (Å²) in [5, 5.41) is 11.4. The second kappa shape index (κ2) is 10.2. The number of rotatable bonds is 8. The van der Waals surface area contributed by atoms with E-state index in [-0.39, 0.29) is 25.3 Å². The third-order valence-corrected chi connectivity index (χ3v) is 5.41. The summed E-state index contributed by atoms with van der Waals surface area (Å²) >= 11 is 6.46. The zero-order chi connectivity index (χ0) is 20.7. The second-order valence-corrected chi connectivity index (χ2v) is 7.92. The number of hydrogen-bond acceptors (Lipinski definition) is 5. The van der Waals surface area contributed by atoms with Crippen LogP contribution in [0.15, 0.2) is 46.9 Å². The van der Waals surface area contributed by atoms with E-state index in [1.165, 1.54) is 16.7 Å². The van der Waals surface area contributed by atoms with Crippen molar-refractivity contribution in [3.8, 4) is 0 Å². The van der Waals surface area contributed by atoms with Crippen LogP contribution in [0, 0.1) is 0 Å². The van der Waals surface area contributed by atoms with Gasteiger partial charge in [0.05, 0.1) is 4.91 Å². The fourth-order valence-corrected chi connectivity index (χ4v) is 3.93. The number of benzene rings is 1. The number of carboxylic acid groups (broad SMARTS) is 1. The molecule has 28 heavy (non-hydrogen) atoms. The Morgan fingerprint density at radius 3 is 2.61 bits per heavy atom. The summed E-state index contributed by atoms with van der Waals surface area (Å²) in [6, 6.07) is 8.84. The molecule has 1 atom stereocenters. The van der Waals surface area contributed by atoms with E-state index >= 15 is 0 Å². The lowest BCUT2D eigenvalue weighted by Gasteiger charge is -2.16. The van der Waals surface area contributed by atoms with Crippen molar-refractivity contribution in [3.05, 3.63) is 52.4 Å². The number of carboxylic acids is 1. The molecule has 1 aromatic carbocycles. The summed E-state index contributed by atoms with van der Waals surface area (Å²) in [5.41, 5.74) is 1.95. The maximum Gasteiger partial charge on any atom is 0.326 e. The molecule has 8 heteroatoms. The van der Waals surface area contributed by atoms with Crippen LogP contribution in [0.4, 0.5) is 0 Å². The Morgan fingerprint density at radius 1 is 1.32 bits per heavy atom. The highest BCUT2D eigenvalue weighted by atomic mass is 32.2. The van der Waals surface area contributed by atoms with Gasteiger partial charge in [0.25, 0.3) is 5.91 Å². The Bertz CT molecular complexity index is 834. The number of amides is 2. The van der Waals surface area contributed by atoms with Crippen LogP contribution >= 0.6 is 24.0 Å². The first-order valence-corrected chi connectivity index (χ1v) is 10.0. The van der Waals surface area contributed by atoms with Gasteiger partial charge in [-0.2, -0.15) is 0 Å². The third-order valence-electron chi connectivity index (χ3n) is 4.03. The van der Waals surface area contributed by atoms with E-state index in [0.29, 0.717) is 9.23 Å². The lowest BCUT2D eigenvalue weighted by Crippen LogP contribution is -2.42. The molecule has 2 N–H and O–H groups in total. The van der Waals surface area contributed by atoms with Crippen molar-refractivity contribution in [2.75, 3.05) is 6.54 Å². The number of aliphatic carboxylic acids is 1. The first kappa shape index (κ1) is 21.8. The van der Waals surface area contributed by atoms with E-state index in [2.05, 4.69) is 5.32 Å². The summed E-state index contributed by atoms with van der Waals surface area (Å²) in [7, 11) is 0. The number of carbonyl (C=O) groups excluding carboxylic acids is 2. The number of thiocarbonyl (C=S) groups is 1. The number of allylic oxidation sites excluding steroid dienone is 2. The van der Waals surface area contributed by atoms with Crippen molar-refractivity contribution >= 4 is 52.2 Å². The van der Waals surface area contributed by atoms with Gasteiger partial charge in [0.15, 0.2) is 0 Å². The van der Waals surface area contributed by atoms with Crippen LogP contribution in [0.5, 0.6) is 0 Å². The molecule has 1 heterocycles. The van der Waals surface area contributed by atoms with Gasteiger partial charge >= 0.3 is 5.97 Å². The fourth-order valence-electron chi connectivity index (χ4n) is 2.57. The minimum atomic E-state index is -1.08. The van der Waals surface area contributed by atoms with Crippen LogP contribution in [-0.4, -0.2) is 44.7 Å². The number of thioether (sulfide) groups is 1. The first-order chi connectivity index (χ1) is 13.3. The highest BCUT2D eigenvalue weighted by Gasteiger charge is 2.32. The minimum Gasteiger partial charge on any atom is -0.480 e. The monoisotopic (exact) mass is 418 g/mol. The maximum atomic E-state index is 12.6. The van der Waals surface area contributed by atoms with Gasteiger partial charge in [-0.25, -0.2) is 4.79 Å². The zero-order valence-electron chi connectivity index (χ0n) is 15.7. The molecule has 0 radical (unpaired) electrons. The van der Waals surface area contributed by atoms with Crippen molar-refractivity contribution in [3.63, 3.8) is 0 Å². The number of carbonyl (C=O) groups is 3. The van der Waals surface area contributed by atoms with Crippen molar-refractivity contribution in [2.24, 2.45) is 0 Å². The molecule has 148 valence electrons. The molecule has 1 fully saturated rings. The molecule has 2 rings (SSSR count). The summed E-state index contributed by atoms with van der Waals surface area (Å²) in [4.78, 5) is 37.4. The summed E-state index contributed by atoms with van der Waals surface area (Å²) < 4.78 is 0.391. The van der Waals surface area contributed by atoms with Crippen LogP contribution in [-0.2, 0) is 14.4 Å². The fraction of sp³-hybridized carbons (Fsp3) is 0.300. The lowest BCUT2D eigenvalue weighted by atomic mass is 10.1. The molecule has 0 aliphatic carbocycles. The normalized spacial score (nSPS) is 17.1. The predicted molar refractivity (Wildman–Crippen MR) is 115 cm³/mol. The van der Waals surface area contributed by atoms with Crippen molar-refractivity contribution in [1.82, 2.24) is 10.2 Å². The minimum absolute atomic E-state index is 0.0116. The average Bonchev–Trinajstić information content (AvgIpc) is 2.91. The average molecular weight is 419 g/mol. The highest BCUT2D eigenvalue weighted by molar-refractivity contribution is 8.26. The third kappa shape index (κ3) is 6.03. The van der Waals surface area contributed by atoms with Gasteiger partial charge in [-0.15, -0.1) is 0 Å². The number of nitrogens with one attached hydrogen (secondary N) is 1. The van der Waals surface area contributed by atoms with Crippen molar-refractivity contribution in [2.45, 2.75) is 32.7 Å². The molecule has 1 aromatic rings. The van der Waals surface area contributed by atoms with E-state index in [0.717, 1.165) is 11.1 Å².